The Morgan fingerprint density at radius 3 is 3.00 bits per heavy atom. The predicted molar refractivity (Wildman–Crippen MR) is 85.0 cm³/mol. The van der Waals surface area contributed by atoms with E-state index in [9.17, 15) is 9.59 Å². The van der Waals surface area contributed by atoms with Gasteiger partial charge in [0.05, 0.1) is 6.20 Å². The summed E-state index contributed by atoms with van der Waals surface area (Å²) in [5.74, 6) is 0.169. The number of fused-ring (bicyclic) bond motifs is 1. The van der Waals surface area contributed by atoms with Gasteiger partial charge in [0.1, 0.15) is 12.2 Å². The van der Waals surface area contributed by atoms with Crippen molar-refractivity contribution in [2.45, 2.75) is 11.7 Å². The molecular weight excluding hydrogens is 300 g/mol. The first kappa shape index (κ1) is 14.6. The summed E-state index contributed by atoms with van der Waals surface area (Å²) in [6.45, 7) is 0.699. The molecule has 2 aromatic rings. The minimum absolute atomic E-state index is 0.0145. The zero-order chi connectivity index (χ0) is 15.4. The lowest BCUT2D eigenvalue weighted by atomic mass is 10.2. The zero-order valence-corrected chi connectivity index (χ0v) is 12.6. The molecule has 0 atom stereocenters. The Balaban J connectivity index is 1.63. The van der Waals surface area contributed by atoms with Crippen molar-refractivity contribution < 1.29 is 9.53 Å². The summed E-state index contributed by atoms with van der Waals surface area (Å²) in [4.78, 5) is 28.2. The molecule has 112 valence electrons. The van der Waals surface area contributed by atoms with Gasteiger partial charge >= 0.3 is 5.97 Å². The average molecular weight is 314 g/mol. The van der Waals surface area contributed by atoms with E-state index >= 15 is 0 Å². The molecule has 1 aromatic heterocycles. The van der Waals surface area contributed by atoms with E-state index < -0.39 is 5.97 Å². The maximum absolute atomic E-state index is 12.1. The average Bonchev–Trinajstić information content (AvgIpc) is 3.02. The lowest BCUT2D eigenvalue weighted by molar-refractivity contribution is 0.0546. The molecule has 3 rings (SSSR count). The summed E-state index contributed by atoms with van der Waals surface area (Å²) in [5.41, 5.74) is 0.682. The fourth-order valence-corrected chi connectivity index (χ4v) is 3.02. The van der Waals surface area contributed by atoms with Crippen molar-refractivity contribution in [3.8, 4) is 0 Å². The Bertz CT molecular complexity index is 769. The van der Waals surface area contributed by atoms with Gasteiger partial charge in [-0.15, -0.1) is 0 Å². The second kappa shape index (κ2) is 6.62. The first-order valence-electron chi connectivity index (χ1n) is 6.87. The van der Waals surface area contributed by atoms with Gasteiger partial charge in [-0.1, -0.05) is 48.2 Å². The van der Waals surface area contributed by atoms with E-state index in [0.717, 1.165) is 11.3 Å². The van der Waals surface area contributed by atoms with Crippen LogP contribution in [0.4, 0.5) is 0 Å². The van der Waals surface area contributed by atoms with Crippen molar-refractivity contribution in [1.82, 2.24) is 9.55 Å². The molecule has 0 amide bonds. The molecule has 0 aliphatic carbocycles. The number of ether oxygens (including phenoxy) is 1. The van der Waals surface area contributed by atoms with Crippen LogP contribution in [0.2, 0.25) is 0 Å². The lowest BCUT2D eigenvalue weighted by Gasteiger charge is -2.04. The molecular formula is C16H14N2O3S. The molecule has 0 saturated heterocycles. The third-order valence-corrected chi connectivity index (χ3v) is 4.17. The highest BCUT2D eigenvalue weighted by Crippen LogP contribution is 2.20. The van der Waals surface area contributed by atoms with Crippen molar-refractivity contribution >= 4 is 23.8 Å². The number of hydrogen-bond donors (Lipinski definition) is 0. The fourth-order valence-electron chi connectivity index (χ4n) is 2.11. The lowest BCUT2D eigenvalue weighted by Crippen LogP contribution is -2.27. The van der Waals surface area contributed by atoms with Crippen LogP contribution < -0.4 is 5.56 Å². The quantitative estimate of drug-likeness (QED) is 0.640. The maximum Gasteiger partial charge on any atom is 0.345 e. The third kappa shape index (κ3) is 3.12. The smallest absolute Gasteiger partial charge is 0.345 e. The number of nitrogens with zero attached hydrogens (tertiary/aromatic N) is 2. The van der Waals surface area contributed by atoms with Gasteiger partial charge in [0.2, 0.25) is 0 Å². The molecule has 0 N–H and O–H groups in total. The topological polar surface area (TPSA) is 61.2 Å². The van der Waals surface area contributed by atoms with Crippen molar-refractivity contribution in [3.05, 3.63) is 64.1 Å². The first-order chi connectivity index (χ1) is 10.8. The Morgan fingerprint density at radius 1 is 1.36 bits per heavy atom. The second-order valence-electron chi connectivity index (χ2n) is 4.67. The number of thioether (sulfide) groups is 1. The molecule has 1 aliphatic rings. The highest BCUT2D eigenvalue weighted by Gasteiger charge is 2.20. The summed E-state index contributed by atoms with van der Waals surface area (Å²) in [6.07, 6.45) is 4.90. The summed E-state index contributed by atoms with van der Waals surface area (Å²) < 4.78 is 6.62. The van der Waals surface area contributed by atoms with Crippen LogP contribution in [-0.4, -0.2) is 27.9 Å². The molecule has 0 spiro atoms. The van der Waals surface area contributed by atoms with Crippen LogP contribution in [0.5, 0.6) is 0 Å². The van der Waals surface area contributed by atoms with Gasteiger partial charge in [-0.05, 0) is 11.6 Å². The molecule has 5 nitrogen and oxygen atoms in total. The predicted octanol–water partition coefficient (Wildman–Crippen LogP) is 2.22. The molecule has 6 heteroatoms. The van der Waals surface area contributed by atoms with E-state index in [1.807, 2.05) is 36.4 Å². The van der Waals surface area contributed by atoms with Crippen LogP contribution in [0.25, 0.3) is 6.08 Å². The highest BCUT2D eigenvalue weighted by atomic mass is 32.2. The number of rotatable bonds is 4. The fraction of sp³-hybridized carbons (Fsp3) is 0.188. The first-order valence-corrected chi connectivity index (χ1v) is 7.85. The Kier molecular flexibility index (Phi) is 4.39. The maximum atomic E-state index is 12.1. The van der Waals surface area contributed by atoms with Crippen LogP contribution in [0, 0.1) is 0 Å². The molecule has 1 aliphatic heterocycles. The van der Waals surface area contributed by atoms with Crippen LogP contribution in [0.3, 0.4) is 0 Å². The number of carbonyl (C=O) groups excluding carboxylic acids is 1. The SMILES string of the molecule is O=C(OC/C=C/c1ccccc1)c1cnc2n(c1=O)CCS2. The van der Waals surface area contributed by atoms with E-state index in [-0.39, 0.29) is 17.7 Å². The van der Waals surface area contributed by atoms with Crippen LogP contribution in [0.1, 0.15) is 15.9 Å². The molecule has 0 unspecified atom stereocenters. The number of esters is 1. The second-order valence-corrected chi connectivity index (χ2v) is 5.73. The molecule has 22 heavy (non-hydrogen) atoms. The van der Waals surface area contributed by atoms with Crippen molar-refractivity contribution in [1.29, 1.82) is 0 Å². The van der Waals surface area contributed by atoms with E-state index in [2.05, 4.69) is 4.98 Å². The molecule has 0 fully saturated rings. The van der Waals surface area contributed by atoms with Gasteiger partial charge in [0.15, 0.2) is 5.16 Å². The normalized spacial score (nSPS) is 13.3. The molecule has 2 heterocycles. The van der Waals surface area contributed by atoms with E-state index in [0.29, 0.717) is 11.7 Å². The van der Waals surface area contributed by atoms with Crippen LogP contribution >= 0.6 is 11.8 Å². The van der Waals surface area contributed by atoms with Gasteiger partial charge in [0, 0.05) is 12.3 Å². The third-order valence-electron chi connectivity index (χ3n) is 3.20. The minimum atomic E-state index is -0.637. The number of benzene rings is 1. The van der Waals surface area contributed by atoms with Gasteiger partial charge in [-0.2, -0.15) is 0 Å². The largest absolute Gasteiger partial charge is 0.458 e. The Labute approximate surface area is 131 Å². The van der Waals surface area contributed by atoms with Gasteiger partial charge < -0.3 is 4.74 Å². The van der Waals surface area contributed by atoms with Crippen LogP contribution in [-0.2, 0) is 11.3 Å². The van der Waals surface area contributed by atoms with Gasteiger partial charge in [-0.25, -0.2) is 9.78 Å². The summed E-state index contributed by atoms with van der Waals surface area (Å²) in [7, 11) is 0. The van der Waals surface area contributed by atoms with Gasteiger partial charge in [0.25, 0.3) is 5.56 Å². The standard InChI is InChI=1S/C16H14N2O3S/c19-14-13(11-17-16-18(14)8-10-22-16)15(20)21-9-4-7-12-5-2-1-3-6-12/h1-7,11H,8-10H2/b7-4+. The van der Waals surface area contributed by atoms with Crippen molar-refractivity contribution in [2.24, 2.45) is 0 Å². The molecule has 1 aromatic carbocycles. The van der Waals surface area contributed by atoms with Crippen LogP contribution in [0.15, 0.2) is 52.6 Å². The number of hydrogen-bond acceptors (Lipinski definition) is 5. The van der Waals surface area contributed by atoms with E-state index in [1.165, 1.54) is 22.5 Å². The van der Waals surface area contributed by atoms with Crippen molar-refractivity contribution in [3.63, 3.8) is 0 Å². The van der Waals surface area contributed by atoms with E-state index in [1.54, 1.807) is 6.08 Å². The summed E-state index contributed by atoms with van der Waals surface area (Å²) >= 11 is 1.51. The zero-order valence-electron chi connectivity index (χ0n) is 11.8. The Hall–Kier alpha value is -2.34. The summed E-state index contributed by atoms with van der Waals surface area (Å²) in [5, 5.41) is 0.658. The highest BCUT2D eigenvalue weighted by molar-refractivity contribution is 7.99. The van der Waals surface area contributed by atoms with Gasteiger partial charge in [-0.3, -0.25) is 9.36 Å². The number of carbonyl (C=O) groups is 1. The summed E-state index contributed by atoms with van der Waals surface area (Å²) in [6, 6.07) is 9.70. The minimum Gasteiger partial charge on any atom is -0.458 e. The molecule has 0 saturated carbocycles. The Morgan fingerprint density at radius 2 is 2.18 bits per heavy atom. The van der Waals surface area contributed by atoms with Crippen molar-refractivity contribution in [2.75, 3.05) is 12.4 Å². The molecule has 0 radical (unpaired) electrons. The number of aromatic nitrogens is 2. The molecule has 0 bridgehead atoms. The van der Waals surface area contributed by atoms with E-state index in [4.69, 9.17) is 4.74 Å². The monoisotopic (exact) mass is 314 g/mol.